The van der Waals surface area contributed by atoms with Crippen LogP contribution in [0.5, 0.6) is 0 Å². The third kappa shape index (κ3) is 3.65. The molecule has 2 aromatic rings. The van der Waals surface area contributed by atoms with E-state index in [2.05, 4.69) is 43.8 Å². The second-order valence-electron chi connectivity index (χ2n) is 8.54. The van der Waals surface area contributed by atoms with Gasteiger partial charge in [-0.1, -0.05) is 23.8 Å². The van der Waals surface area contributed by atoms with Crippen LogP contribution in [0.3, 0.4) is 0 Å². The molecule has 0 N–H and O–H groups in total. The van der Waals surface area contributed by atoms with E-state index in [1.807, 2.05) is 6.07 Å². The second kappa shape index (κ2) is 8.11. The topological polar surface area (TPSA) is 71.5 Å². The van der Waals surface area contributed by atoms with E-state index in [0.717, 1.165) is 66.2 Å². The Morgan fingerprint density at radius 2 is 2.16 bits per heavy atom. The molecule has 4 heterocycles. The lowest BCUT2D eigenvalue weighted by atomic mass is 9.95. The molecule has 0 spiro atoms. The largest absolute Gasteiger partial charge is 0.469 e. The Hall–Kier alpha value is -2.67. The molecule has 1 aliphatic carbocycles. The molecule has 0 amide bonds. The Balaban J connectivity index is 1.50. The minimum Gasteiger partial charge on any atom is -0.469 e. The number of esters is 1. The highest BCUT2D eigenvalue weighted by Gasteiger charge is 2.33. The van der Waals surface area contributed by atoms with Crippen LogP contribution in [-0.2, 0) is 28.9 Å². The molecule has 2 atom stereocenters. The third-order valence-electron chi connectivity index (χ3n) is 6.61. The molecule has 0 radical (unpaired) electrons. The maximum absolute atomic E-state index is 12.1. The summed E-state index contributed by atoms with van der Waals surface area (Å²) in [4.78, 5) is 30.5. The van der Waals surface area contributed by atoms with E-state index in [0.29, 0.717) is 18.2 Å². The van der Waals surface area contributed by atoms with E-state index in [1.54, 1.807) is 6.33 Å². The number of hydrogen-bond donors (Lipinski definition) is 0. The lowest BCUT2D eigenvalue weighted by molar-refractivity contribution is -0.145. The molecule has 0 aromatic carbocycles. The average molecular weight is 440 g/mol. The van der Waals surface area contributed by atoms with E-state index in [9.17, 15) is 4.79 Å². The van der Waals surface area contributed by atoms with Crippen LogP contribution in [0.25, 0.3) is 6.08 Å². The van der Waals surface area contributed by atoms with Crippen LogP contribution in [0.1, 0.15) is 42.3 Å². The Kier molecular flexibility index (Phi) is 5.30. The molecule has 31 heavy (non-hydrogen) atoms. The van der Waals surface area contributed by atoms with Gasteiger partial charge in [0, 0.05) is 55.3 Å². The Bertz CT molecular complexity index is 1060. The van der Waals surface area contributed by atoms with Crippen molar-refractivity contribution in [3.05, 3.63) is 46.1 Å². The zero-order valence-electron chi connectivity index (χ0n) is 17.8. The number of nitrogens with zero attached hydrogens (tertiary/aromatic N) is 5. The van der Waals surface area contributed by atoms with Crippen LogP contribution < -0.4 is 9.80 Å². The first-order chi connectivity index (χ1) is 15.0. The zero-order chi connectivity index (χ0) is 21.5. The predicted molar refractivity (Wildman–Crippen MR) is 120 cm³/mol. The van der Waals surface area contributed by atoms with Gasteiger partial charge in [0.1, 0.15) is 17.3 Å². The monoisotopic (exact) mass is 439 g/mol. The summed E-state index contributed by atoms with van der Waals surface area (Å²) in [5.41, 5.74) is 5.52. The van der Waals surface area contributed by atoms with E-state index < -0.39 is 0 Å². The van der Waals surface area contributed by atoms with Crippen molar-refractivity contribution in [1.82, 2.24) is 15.0 Å². The first kappa shape index (κ1) is 20.2. The van der Waals surface area contributed by atoms with Crippen molar-refractivity contribution < 1.29 is 9.53 Å². The summed E-state index contributed by atoms with van der Waals surface area (Å²) >= 11 is 6.37. The van der Waals surface area contributed by atoms with Gasteiger partial charge in [-0.2, -0.15) is 0 Å². The van der Waals surface area contributed by atoms with E-state index >= 15 is 0 Å². The maximum atomic E-state index is 12.1. The van der Waals surface area contributed by atoms with E-state index in [1.165, 1.54) is 7.11 Å². The number of anilines is 2. The van der Waals surface area contributed by atoms with Crippen molar-refractivity contribution in [1.29, 1.82) is 0 Å². The average Bonchev–Trinajstić information content (AvgIpc) is 3.25. The minimum absolute atomic E-state index is 0.115. The second-order valence-corrected chi connectivity index (χ2v) is 8.93. The van der Waals surface area contributed by atoms with Gasteiger partial charge in [0.2, 0.25) is 0 Å². The molecule has 0 saturated carbocycles. The van der Waals surface area contributed by atoms with Crippen LogP contribution in [0.2, 0.25) is 5.15 Å². The number of hydrogen-bond acceptors (Lipinski definition) is 7. The van der Waals surface area contributed by atoms with Crippen LogP contribution >= 0.6 is 11.6 Å². The Morgan fingerprint density at radius 1 is 1.29 bits per heavy atom. The molecular formula is C23H26ClN5O2. The van der Waals surface area contributed by atoms with Gasteiger partial charge >= 0.3 is 5.97 Å². The van der Waals surface area contributed by atoms with Crippen LogP contribution in [0, 0.1) is 5.92 Å². The first-order valence-corrected chi connectivity index (χ1v) is 11.2. The van der Waals surface area contributed by atoms with Crippen LogP contribution in [-0.4, -0.2) is 47.2 Å². The summed E-state index contributed by atoms with van der Waals surface area (Å²) in [6.45, 7) is 4.43. The molecule has 162 valence electrons. The summed E-state index contributed by atoms with van der Waals surface area (Å²) < 4.78 is 5.00. The zero-order valence-corrected chi connectivity index (χ0v) is 18.6. The molecule has 3 aliphatic rings. The fourth-order valence-corrected chi connectivity index (χ4v) is 5.24. The van der Waals surface area contributed by atoms with Crippen molar-refractivity contribution in [2.45, 2.75) is 45.2 Å². The van der Waals surface area contributed by atoms with Gasteiger partial charge in [-0.25, -0.2) is 15.0 Å². The summed E-state index contributed by atoms with van der Waals surface area (Å²) in [6.07, 6.45) is 9.38. The summed E-state index contributed by atoms with van der Waals surface area (Å²) in [6, 6.07) is 2.24. The van der Waals surface area contributed by atoms with Crippen molar-refractivity contribution in [2.75, 3.05) is 30.0 Å². The van der Waals surface area contributed by atoms with Gasteiger partial charge in [0.05, 0.1) is 24.4 Å². The number of carbonyl (C=O) groups excluding carboxylic acids is 1. The fourth-order valence-electron chi connectivity index (χ4n) is 5.04. The number of carbonyl (C=O) groups is 1. The molecule has 1 fully saturated rings. The minimum atomic E-state index is -0.142. The molecule has 1 saturated heterocycles. The number of ether oxygens (including phenoxy) is 1. The first-order valence-electron chi connectivity index (χ1n) is 10.8. The highest BCUT2D eigenvalue weighted by molar-refractivity contribution is 6.29. The highest BCUT2D eigenvalue weighted by Crippen LogP contribution is 2.38. The molecule has 0 bridgehead atoms. The summed E-state index contributed by atoms with van der Waals surface area (Å²) in [5, 5.41) is 0.525. The number of aromatic nitrogens is 3. The molecule has 0 unspecified atom stereocenters. The Labute approximate surface area is 187 Å². The number of piperidine rings is 1. The molecule has 2 aliphatic heterocycles. The maximum Gasteiger partial charge on any atom is 0.310 e. The quantitative estimate of drug-likeness (QED) is 0.535. The van der Waals surface area contributed by atoms with Crippen molar-refractivity contribution in [3.63, 3.8) is 0 Å². The number of pyridine rings is 1. The number of halogens is 1. The van der Waals surface area contributed by atoms with E-state index in [-0.39, 0.29) is 17.9 Å². The van der Waals surface area contributed by atoms with Crippen LogP contribution in [0.4, 0.5) is 11.5 Å². The highest BCUT2D eigenvalue weighted by atomic mass is 35.5. The lowest BCUT2D eigenvalue weighted by Gasteiger charge is -2.40. The lowest BCUT2D eigenvalue weighted by Crippen LogP contribution is -2.43. The van der Waals surface area contributed by atoms with Crippen molar-refractivity contribution in [3.8, 4) is 0 Å². The molecule has 8 heteroatoms. The van der Waals surface area contributed by atoms with Gasteiger partial charge in [0.15, 0.2) is 0 Å². The van der Waals surface area contributed by atoms with Crippen molar-refractivity contribution >= 4 is 35.2 Å². The molecule has 2 aromatic heterocycles. The number of rotatable bonds is 3. The molecule has 5 rings (SSSR count). The summed E-state index contributed by atoms with van der Waals surface area (Å²) in [5.74, 6) is 0.676. The third-order valence-corrected chi connectivity index (χ3v) is 6.80. The van der Waals surface area contributed by atoms with E-state index in [4.69, 9.17) is 16.3 Å². The number of methoxy groups -OCH3 is 1. The Morgan fingerprint density at radius 3 is 3.00 bits per heavy atom. The van der Waals surface area contributed by atoms with Crippen molar-refractivity contribution in [2.24, 2.45) is 5.92 Å². The standard InChI is InChI=1S/C23H26ClN5O2/c1-14-9-19-17(12-29(14)20-10-21(24)27-18-7-3-6-16(18)20)22(26-13-25-19)28-8-4-5-15(11-28)23(30)31-2/h3,6,10,13-15H,4-5,7-9,11-12H2,1-2H3/t14-,15-/m1/s1. The fraction of sp³-hybridized carbons (Fsp3) is 0.478. The summed E-state index contributed by atoms with van der Waals surface area (Å²) in [7, 11) is 1.46. The van der Waals surface area contributed by atoms with Crippen LogP contribution in [0.15, 0.2) is 18.5 Å². The van der Waals surface area contributed by atoms with Gasteiger partial charge in [-0.15, -0.1) is 0 Å². The van der Waals surface area contributed by atoms with Gasteiger partial charge in [-0.05, 0) is 25.8 Å². The SMILES string of the molecule is COC(=O)[C@@H]1CCCN(c2ncnc3c2CN(c2cc(Cl)nc4c2C=CC4)[C@H](C)C3)C1. The molecular weight excluding hydrogens is 414 g/mol. The van der Waals surface area contributed by atoms with Gasteiger partial charge in [0.25, 0.3) is 0 Å². The normalized spacial score (nSPS) is 22.3. The molecule has 7 nitrogen and oxygen atoms in total. The smallest absolute Gasteiger partial charge is 0.310 e. The van der Waals surface area contributed by atoms with Gasteiger partial charge < -0.3 is 14.5 Å². The predicted octanol–water partition coefficient (Wildman–Crippen LogP) is 3.43. The number of fused-ring (bicyclic) bond motifs is 2. The number of allylic oxidation sites excluding steroid dienone is 1. The van der Waals surface area contributed by atoms with Gasteiger partial charge in [-0.3, -0.25) is 4.79 Å².